The number of aliphatic hydroxyl groups excluding tert-OH is 1. The summed E-state index contributed by atoms with van der Waals surface area (Å²) < 4.78 is 0. The van der Waals surface area contributed by atoms with Gasteiger partial charge in [0.1, 0.15) is 12.2 Å². The quantitative estimate of drug-likeness (QED) is 0.481. The summed E-state index contributed by atoms with van der Waals surface area (Å²) in [6.07, 6.45) is 5.08. The Kier molecular flexibility index (Phi) is 9.75. The average Bonchev–Trinajstić information content (AvgIpc) is 2.87. The molecule has 2 saturated heterocycles. The molecule has 0 bridgehead atoms. The molecule has 2 heterocycles. The van der Waals surface area contributed by atoms with Gasteiger partial charge >= 0.3 is 6.03 Å². The number of urea groups is 1. The molecule has 4 amide bonds. The highest BCUT2D eigenvalue weighted by molar-refractivity contribution is 5.91. The van der Waals surface area contributed by atoms with E-state index < -0.39 is 12.2 Å². The lowest BCUT2D eigenvalue weighted by molar-refractivity contribution is -0.187. The number of aliphatic hydroxyl groups is 1. The monoisotopic (exact) mass is 499 g/mol. The first-order valence-corrected chi connectivity index (χ1v) is 13.1. The zero-order valence-corrected chi connectivity index (χ0v) is 22.0. The van der Waals surface area contributed by atoms with Crippen molar-refractivity contribution in [2.75, 3.05) is 26.7 Å². The number of carbonyl (C=O) groups is 3. The van der Waals surface area contributed by atoms with E-state index in [0.717, 1.165) is 31.2 Å². The topological polar surface area (TPSA) is 96.4 Å². The molecule has 0 radical (unpaired) electrons. The van der Waals surface area contributed by atoms with Crippen LogP contribution in [0.2, 0.25) is 0 Å². The number of hydrazine groups is 1. The summed E-state index contributed by atoms with van der Waals surface area (Å²) >= 11 is 0. The van der Waals surface area contributed by atoms with Crippen molar-refractivity contribution in [1.29, 1.82) is 0 Å². The molecular weight excluding hydrogens is 458 g/mol. The van der Waals surface area contributed by atoms with Crippen LogP contribution in [-0.4, -0.2) is 81.7 Å². The number of unbranched alkanes of at least 4 members (excludes halogenated alkanes) is 1. The van der Waals surface area contributed by atoms with Gasteiger partial charge in [-0.1, -0.05) is 63.4 Å². The van der Waals surface area contributed by atoms with E-state index in [-0.39, 0.29) is 43.1 Å². The van der Waals surface area contributed by atoms with Crippen molar-refractivity contribution in [1.82, 2.24) is 25.1 Å². The van der Waals surface area contributed by atoms with Crippen LogP contribution in [0.5, 0.6) is 0 Å². The summed E-state index contributed by atoms with van der Waals surface area (Å²) in [5, 5.41) is 16.5. The minimum absolute atomic E-state index is 0.0241. The van der Waals surface area contributed by atoms with Crippen LogP contribution in [0, 0.1) is 5.92 Å². The van der Waals surface area contributed by atoms with Gasteiger partial charge in [-0.15, -0.1) is 0 Å². The molecule has 198 valence electrons. The van der Waals surface area contributed by atoms with Crippen LogP contribution < -0.4 is 5.32 Å². The molecule has 2 aliphatic heterocycles. The highest BCUT2D eigenvalue weighted by Crippen LogP contribution is 2.29. The number of nitrogens with one attached hydrogen (secondary N) is 1. The number of rotatable bonds is 10. The van der Waals surface area contributed by atoms with Crippen molar-refractivity contribution in [3.63, 3.8) is 0 Å². The van der Waals surface area contributed by atoms with Crippen LogP contribution in [0.3, 0.4) is 0 Å². The van der Waals surface area contributed by atoms with Crippen LogP contribution in [-0.2, 0) is 16.1 Å². The predicted octanol–water partition coefficient (Wildman–Crippen LogP) is 3.49. The standard InChI is InChI=1S/C27H41N5O4/c1-5-8-12-20(6-2)17-30-18-24-31(23(26(30)35)15-22(33)7-3)25(34)19-29(4)32(24)27(36)28-16-21-13-10-9-11-14-21/h7,9-11,13-14,20,23-24,33H,5-6,8,12,15-19H2,1-4H3,(H,28,36)/b22-7-/t20?,23?,24-/m0/s1. The van der Waals surface area contributed by atoms with Crippen LogP contribution >= 0.6 is 0 Å². The van der Waals surface area contributed by atoms with Gasteiger partial charge in [-0.3, -0.25) is 9.59 Å². The van der Waals surface area contributed by atoms with Crippen molar-refractivity contribution < 1.29 is 19.5 Å². The normalized spacial score (nSPS) is 22.0. The average molecular weight is 500 g/mol. The van der Waals surface area contributed by atoms with Crippen molar-refractivity contribution in [2.45, 2.75) is 71.6 Å². The highest BCUT2D eigenvalue weighted by Gasteiger charge is 2.51. The van der Waals surface area contributed by atoms with E-state index in [9.17, 15) is 19.5 Å². The second-order valence-electron chi connectivity index (χ2n) is 9.75. The fourth-order valence-electron chi connectivity index (χ4n) is 5.07. The fraction of sp³-hybridized carbons (Fsp3) is 0.593. The number of piperazine rings is 1. The maximum absolute atomic E-state index is 13.6. The van der Waals surface area contributed by atoms with Gasteiger partial charge in [0.25, 0.3) is 0 Å². The van der Waals surface area contributed by atoms with Crippen molar-refractivity contribution >= 4 is 17.8 Å². The van der Waals surface area contributed by atoms with Gasteiger partial charge < -0.3 is 20.2 Å². The van der Waals surface area contributed by atoms with Crippen LogP contribution in [0.15, 0.2) is 42.2 Å². The molecule has 3 rings (SSSR count). The maximum Gasteiger partial charge on any atom is 0.334 e. The highest BCUT2D eigenvalue weighted by atomic mass is 16.3. The summed E-state index contributed by atoms with van der Waals surface area (Å²) in [6, 6.07) is 8.45. The van der Waals surface area contributed by atoms with Gasteiger partial charge in [0.15, 0.2) is 0 Å². The largest absolute Gasteiger partial charge is 0.513 e. The summed E-state index contributed by atoms with van der Waals surface area (Å²) in [5.41, 5.74) is 0.969. The van der Waals surface area contributed by atoms with E-state index in [1.807, 2.05) is 30.3 Å². The van der Waals surface area contributed by atoms with Crippen LogP contribution in [0.4, 0.5) is 4.79 Å². The third kappa shape index (κ3) is 6.37. The van der Waals surface area contributed by atoms with Gasteiger partial charge in [-0.05, 0) is 30.9 Å². The third-order valence-corrected chi connectivity index (χ3v) is 7.19. The summed E-state index contributed by atoms with van der Waals surface area (Å²) in [7, 11) is 1.71. The molecule has 0 aliphatic carbocycles. The second kappa shape index (κ2) is 12.8. The van der Waals surface area contributed by atoms with Gasteiger partial charge in [-0.2, -0.15) is 0 Å². The van der Waals surface area contributed by atoms with E-state index >= 15 is 0 Å². The van der Waals surface area contributed by atoms with E-state index in [1.165, 1.54) is 4.90 Å². The number of nitrogens with zero attached hydrogens (tertiary/aromatic N) is 4. The Morgan fingerprint density at radius 1 is 1.22 bits per heavy atom. The van der Waals surface area contributed by atoms with E-state index in [4.69, 9.17) is 0 Å². The van der Waals surface area contributed by atoms with Gasteiger partial charge in [0.05, 0.1) is 18.8 Å². The maximum atomic E-state index is 13.6. The van der Waals surface area contributed by atoms with E-state index in [0.29, 0.717) is 19.0 Å². The summed E-state index contributed by atoms with van der Waals surface area (Å²) in [4.78, 5) is 43.5. The zero-order valence-electron chi connectivity index (χ0n) is 22.0. The molecule has 2 fully saturated rings. The number of carbonyl (C=O) groups excluding carboxylic acids is 3. The van der Waals surface area contributed by atoms with E-state index in [1.54, 1.807) is 35.0 Å². The number of allylic oxidation sites excluding steroid dienone is 1. The van der Waals surface area contributed by atoms with Gasteiger partial charge in [0.2, 0.25) is 11.8 Å². The predicted molar refractivity (Wildman–Crippen MR) is 138 cm³/mol. The fourth-order valence-corrected chi connectivity index (χ4v) is 5.07. The lowest BCUT2D eigenvalue weighted by Crippen LogP contribution is -2.76. The van der Waals surface area contributed by atoms with Crippen LogP contribution in [0.25, 0.3) is 0 Å². The third-order valence-electron chi connectivity index (χ3n) is 7.19. The van der Waals surface area contributed by atoms with Gasteiger partial charge in [-0.25, -0.2) is 14.8 Å². The Labute approximate surface area is 214 Å². The molecule has 9 nitrogen and oxygen atoms in total. The molecule has 2 aliphatic rings. The first-order chi connectivity index (χ1) is 17.3. The number of likely N-dealkylation sites (N-methyl/N-ethyl adjacent to an activating group) is 1. The minimum atomic E-state index is -0.853. The van der Waals surface area contributed by atoms with Crippen molar-refractivity contribution in [3.05, 3.63) is 47.7 Å². The molecule has 36 heavy (non-hydrogen) atoms. The molecule has 0 saturated carbocycles. The van der Waals surface area contributed by atoms with Gasteiger partial charge in [0, 0.05) is 26.6 Å². The molecule has 1 aromatic carbocycles. The lowest BCUT2D eigenvalue weighted by Gasteiger charge is -2.54. The van der Waals surface area contributed by atoms with E-state index in [2.05, 4.69) is 19.2 Å². The van der Waals surface area contributed by atoms with Crippen LogP contribution in [0.1, 0.15) is 58.4 Å². The Balaban J connectivity index is 1.88. The first-order valence-electron chi connectivity index (χ1n) is 13.1. The number of amides is 4. The molecule has 0 aromatic heterocycles. The minimum Gasteiger partial charge on any atom is -0.513 e. The number of hydrogen-bond donors (Lipinski definition) is 2. The molecule has 2 N–H and O–H groups in total. The first kappa shape index (κ1) is 27.5. The summed E-state index contributed by atoms with van der Waals surface area (Å²) in [5.74, 6) is -0.000688. The number of hydrogen-bond acceptors (Lipinski definition) is 5. The SMILES string of the molecule is C/C=C(\O)CC1C(=O)N(CC(CC)CCCC)C[C@H]2N1C(=O)CN(C)N2C(=O)NCc1ccccc1. The Hall–Kier alpha value is -3.07. The zero-order chi connectivity index (χ0) is 26.2. The number of fused-ring (bicyclic) bond motifs is 1. The lowest BCUT2D eigenvalue weighted by atomic mass is 9.96. The smallest absolute Gasteiger partial charge is 0.334 e. The Morgan fingerprint density at radius 2 is 1.94 bits per heavy atom. The van der Waals surface area contributed by atoms with Crippen molar-refractivity contribution in [2.24, 2.45) is 5.92 Å². The molecule has 1 aromatic rings. The summed E-state index contributed by atoms with van der Waals surface area (Å²) in [6.45, 7) is 7.13. The Bertz CT molecular complexity index is 937. The second-order valence-corrected chi connectivity index (χ2v) is 9.75. The van der Waals surface area contributed by atoms with Crippen molar-refractivity contribution in [3.8, 4) is 0 Å². The molecule has 3 atom stereocenters. The number of benzene rings is 1. The molecular formula is C27H41N5O4. The molecule has 2 unspecified atom stereocenters. The Morgan fingerprint density at radius 3 is 2.58 bits per heavy atom. The molecule has 0 spiro atoms. The molecule has 9 heteroatoms.